The summed E-state index contributed by atoms with van der Waals surface area (Å²) in [6, 6.07) is 3.73. The number of rotatable bonds is 5. The third-order valence-electron chi connectivity index (χ3n) is 5.48. The van der Waals surface area contributed by atoms with E-state index < -0.39 is 0 Å². The minimum atomic E-state index is -0.0187. The molecule has 168 valence electrons. The number of nitrogens with zero attached hydrogens (tertiary/aromatic N) is 4. The molecule has 0 aromatic carbocycles. The average Bonchev–Trinajstić information content (AvgIpc) is 2.79. The zero-order valence-electron chi connectivity index (χ0n) is 19.0. The van der Waals surface area contributed by atoms with Gasteiger partial charge in [0.2, 0.25) is 5.95 Å². The molecule has 3 rings (SSSR count). The van der Waals surface area contributed by atoms with Crippen molar-refractivity contribution in [3.63, 3.8) is 0 Å². The number of anilines is 2. The fraction of sp³-hybridized carbons (Fsp3) is 0.417. The lowest BCUT2D eigenvalue weighted by Gasteiger charge is -2.29. The van der Waals surface area contributed by atoms with E-state index in [0.717, 1.165) is 47.4 Å². The Hall–Kier alpha value is -3.60. The number of hydrogen-bond donors (Lipinski definition) is 3. The van der Waals surface area contributed by atoms with Gasteiger partial charge in [-0.05, 0) is 43.9 Å². The molecular weight excluding hydrogens is 402 g/mol. The molecule has 5 N–H and O–H groups in total. The third-order valence-corrected chi connectivity index (χ3v) is 5.48. The van der Waals surface area contributed by atoms with Crippen LogP contribution in [0.5, 0.6) is 0 Å². The maximum absolute atomic E-state index is 12.6. The summed E-state index contributed by atoms with van der Waals surface area (Å²) in [6.45, 7) is 7.22. The van der Waals surface area contributed by atoms with Gasteiger partial charge in [-0.1, -0.05) is 38.2 Å². The number of carbonyl (C=O) groups is 1. The first-order valence-corrected chi connectivity index (χ1v) is 11.0. The van der Waals surface area contributed by atoms with Crippen LogP contribution in [0.15, 0.2) is 24.4 Å². The Balaban J connectivity index is 1.81. The number of amides is 2. The van der Waals surface area contributed by atoms with E-state index in [-0.39, 0.29) is 18.0 Å². The van der Waals surface area contributed by atoms with Crippen LogP contribution < -0.4 is 16.8 Å². The standard InChI is InChI=1S/C24H31N7O/c1-4-6-19(5-2)29-24(32)31-13-11-18(12-14-31)22-20(16(3)28-23(26)30-22)9-7-17-8-10-21(25)27-15-17/h8,10-11,15,19H,4-6,12-14H2,1-3H3,(H2,25,27)(H,29,32)(H2,26,28,30). The molecule has 2 amide bonds. The highest BCUT2D eigenvalue weighted by Gasteiger charge is 2.22. The van der Waals surface area contributed by atoms with Gasteiger partial charge in [0.15, 0.2) is 0 Å². The molecule has 8 nitrogen and oxygen atoms in total. The van der Waals surface area contributed by atoms with Crippen LogP contribution in [-0.2, 0) is 0 Å². The lowest BCUT2D eigenvalue weighted by Crippen LogP contribution is -2.46. The van der Waals surface area contributed by atoms with Crippen LogP contribution in [-0.4, -0.2) is 45.0 Å². The van der Waals surface area contributed by atoms with Crippen molar-refractivity contribution in [2.75, 3.05) is 24.6 Å². The fourth-order valence-electron chi connectivity index (χ4n) is 3.65. The zero-order valence-corrected chi connectivity index (χ0v) is 19.0. The van der Waals surface area contributed by atoms with Crippen LogP contribution >= 0.6 is 0 Å². The number of hydrogen-bond acceptors (Lipinski definition) is 6. The molecule has 3 heterocycles. The van der Waals surface area contributed by atoms with Crippen LogP contribution in [0, 0.1) is 18.8 Å². The fourth-order valence-corrected chi connectivity index (χ4v) is 3.65. The minimum Gasteiger partial charge on any atom is -0.384 e. The molecule has 0 spiro atoms. The molecule has 32 heavy (non-hydrogen) atoms. The molecule has 2 aromatic heterocycles. The number of carbonyl (C=O) groups excluding carboxylic acids is 1. The number of aromatic nitrogens is 3. The quantitative estimate of drug-likeness (QED) is 0.623. The number of pyridine rings is 1. The van der Waals surface area contributed by atoms with Gasteiger partial charge in [0.05, 0.1) is 17.0 Å². The monoisotopic (exact) mass is 433 g/mol. The highest BCUT2D eigenvalue weighted by molar-refractivity contribution is 5.77. The van der Waals surface area contributed by atoms with Crippen molar-refractivity contribution in [1.82, 2.24) is 25.2 Å². The molecule has 0 bridgehead atoms. The first-order chi connectivity index (χ1) is 15.4. The first kappa shape index (κ1) is 23.1. The molecule has 1 atom stereocenters. The first-order valence-electron chi connectivity index (χ1n) is 11.0. The summed E-state index contributed by atoms with van der Waals surface area (Å²) in [6.07, 6.45) is 7.30. The molecule has 0 saturated heterocycles. The molecule has 0 fully saturated rings. The second-order valence-electron chi connectivity index (χ2n) is 7.88. The molecule has 2 aromatic rings. The van der Waals surface area contributed by atoms with Gasteiger partial charge in [-0.2, -0.15) is 0 Å². The molecule has 1 aliphatic heterocycles. The lowest BCUT2D eigenvalue weighted by molar-refractivity contribution is 0.197. The van der Waals surface area contributed by atoms with Crippen molar-refractivity contribution in [2.45, 2.75) is 52.5 Å². The van der Waals surface area contributed by atoms with Gasteiger partial charge in [-0.3, -0.25) is 0 Å². The number of aryl methyl sites for hydroxylation is 1. The van der Waals surface area contributed by atoms with Gasteiger partial charge in [-0.25, -0.2) is 19.7 Å². The Morgan fingerprint density at radius 3 is 2.69 bits per heavy atom. The van der Waals surface area contributed by atoms with Gasteiger partial charge >= 0.3 is 6.03 Å². The third kappa shape index (κ3) is 5.76. The molecular formula is C24H31N7O. The van der Waals surface area contributed by atoms with Gasteiger partial charge in [-0.15, -0.1) is 0 Å². The minimum absolute atomic E-state index is 0.0187. The maximum atomic E-state index is 12.6. The van der Waals surface area contributed by atoms with E-state index in [1.165, 1.54) is 0 Å². The van der Waals surface area contributed by atoms with E-state index >= 15 is 0 Å². The van der Waals surface area contributed by atoms with Crippen LogP contribution in [0.2, 0.25) is 0 Å². The van der Waals surface area contributed by atoms with Crippen LogP contribution in [0.25, 0.3) is 5.57 Å². The van der Waals surface area contributed by atoms with E-state index in [0.29, 0.717) is 25.3 Å². The zero-order chi connectivity index (χ0) is 23.1. The Morgan fingerprint density at radius 2 is 2.06 bits per heavy atom. The second-order valence-corrected chi connectivity index (χ2v) is 7.88. The van der Waals surface area contributed by atoms with E-state index in [1.54, 1.807) is 12.3 Å². The summed E-state index contributed by atoms with van der Waals surface area (Å²) in [5, 5.41) is 3.14. The van der Waals surface area contributed by atoms with Crippen LogP contribution in [0.1, 0.15) is 62.0 Å². The van der Waals surface area contributed by atoms with Crippen molar-refractivity contribution in [2.24, 2.45) is 0 Å². The molecule has 0 radical (unpaired) electrons. The maximum Gasteiger partial charge on any atom is 0.317 e. The van der Waals surface area contributed by atoms with Crippen molar-refractivity contribution in [3.05, 3.63) is 46.9 Å². The highest BCUT2D eigenvalue weighted by Crippen LogP contribution is 2.26. The normalized spacial score (nSPS) is 14.2. The largest absolute Gasteiger partial charge is 0.384 e. The van der Waals surface area contributed by atoms with Gasteiger partial charge < -0.3 is 21.7 Å². The average molecular weight is 434 g/mol. The van der Waals surface area contributed by atoms with Crippen molar-refractivity contribution in [1.29, 1.82) is 0 Å². The Morgan fingerprint density at radius 1 is 1.25 bits per heavy atom. The molecule has 1 aliphatic rings. The summed E-state index contributed by atoms with van der Waals surface area (Å²) < 4.78 is 0. The Labute approximate surface area is 189 Å². The van der Waals surface area contributed by atoms with Crippen molar-refractivity contribution < 1.29 is 4.79 Å². The molecule has 0 aliphatic carbocycles. The predicted molar refractivity (Wildman–Crippen MR) is 127 cm³/mol. The second kappa shape index (κ2) is 10.6. The Kier molecular flexibility index (Phi) is 7.66. The van der Waals surface area contributed by atoms with E-state index in [2.05, 4.69) is 46.0 Å². The van der Waals surface area contributed by atoms with E-state index in [4.69, 9.17) is 11.5 Å². The summed E-state index contributed by atoms with van der Waals surface area (Å²) in [5.74, 6) is 6.94. The van der Waals surface area contributed by atoms with Crippen LogP contribution in [0.3, 0.4) is 0 Å². The van der Waals surface area contributed by atoms with E-state index in [1.807, 2.05) is 24.0 Å². The summed E-state index contributed by atoms with van der Waals surface area (Å²) in [4.78, 5) is 27.3. The Bertz CT molecular complexity index is 1050. The smallest absolute Gasteiger partial charge is 0.317 e. The van der Waals surface area contributed by atoms with Crippen LogP contribution in [0.4, 0.5) is 16.6 Å². The number of nitrogens with one attached hydrogen (secondary N) is 1. The predicted octanol–water partition coefficient (Wildman–Crippen LogP) is 3.12. The SMILES string of the molecule is CCCC(CC)NC(=O)N1CC=C(c2nc(N)nc(C)c2C#Cc2ccc(N)nc2)CC1. The lowest BCUT2D eigenvalue weighted by atomic mass is 9.99. The van der Waals surface area contributed by atoms with Gasteiger partial charge in [0.1, 0.15) is 5.82 Å². The summed E-state index contributed by atoms with van der Waals surface area (Å²) in [5.41, 5.74) is 15.5. The van der Waals surface area contributed by atoms with Gasteiger partial charge in [0, 0.05) is 30.9 Å². The summed E-state index contributed by atoms with van der Waals surface area (Å²) in [7, 11) is 0. The van der Waals surface area contributed by atoms with Gasteiger partial charge in [0.25, 0.3) is 0 Å². The molecule has 8 heteroatoms. The molecule has 1 unspecified atom stereocenters. The van der Waals surface area contributed by atoms with Crippen molar-refractivity contribution >= 4 is 23.4 Å². The summed E-state index contributed by atoms with van der Waals surface area (Å²) >= 11 is 0. The van der Waals surface area contributed by atoms with Crippen molar-refractivity contribution in [3.8, 4) is 11.8 Å². The molecule has 0 saturated carbocycles. The van der Waals surface area contributed by atoms with E-state index in [9.17, 15) is 4.79 Å². The highest BCUT2D eigenvalue weighted by atomic mass is 16.2. The topological polar surface area (TPSA) is 123 Å². The number of nitrogen functional groups attached to an aromatic ring is 2. The number of urea groups is 1. The number of nitrogens with two attached hydrogens (primary N) is 2.